The highest BCUT2D eigenvalue weighted by Gasteiger charge is 2.28. The topological polar surface area (TPSA) is 78.5 Å². The van der Waals surface area contributed by atoms with Gasteiger partial charge in [0.1, 0.15) is 0 Å². The first kappa shape index (κ1) is 15.7. The van der Waals surface area contributed by atoms with Crippen molar-refractivity contribution < 1.29 is 13.2 Å². The number of carbonyl (C=O) groups excluding carboxylic acids is 1. The van der Waals surface area contributed by atoms with E-state index in [1.807, 2.05) is 0 Å². The van der Waals surface area contributed by atoms with E-state index in [-0.39, 0.29) is 30.1 Å². The lowest BCUT2D eigenvalue weighted by atomic mass is 10.2. The molecular formula is C10H20ClN3O3S. The van der Waals surface area contributed by atoms with Gasteiger partial charge in [0, 0.05) is 19.6 Å². The van der Waals surface area contributed by atoms with E-state index < -0.39 is 10.0 Å². The van der Waals surface area contributed by atoms with Crippen LogP contribution in [0.4, 0.5) is 0 Å². The van der Waals surface area contributed by atoms with Crippen LogP contribution in [0.5, 0.6) is 0 Å². The first-order valence-electron chi connectivity index (χ1n) is 6.08. The molecule has 106 valence electrons. The van der Waals surface area contributed by atoms with E-state index in [0.717, 1.165) is 19.4 Å². The fraction of sp³-hybridized carbons (Fsp3) is 0.900. The van der Waals surface area contributed by atoms with Crippen molar-refractivity contribution in [2.45, 2.75) is 25.3 Å². The molecule has 2 N–H and O–H groups in total. The Balaban J connectivity index is 0.00000162. The third kappa shape index (κ3) is 3.81. The minimum atomic E-state index is -3.04. The molecule has 2 heterocycles. The van der Waals surface area contributed by atoms with Crippen LogP contribution in [-0.4, -0.2) is 56.6 Å². The van der Waals surface area contributed by atoms with Crippen molar-refractivity contribution >= 4 is 28.3 Å². The van der Waals surface area contributed by atoms with E-state index in [4.69, 9.17) is 0 Å². The van der Waals surface area contributed by atoms with Crippen LogP contribution in [0.15, 0.2) is 0 Å². The highest BCUT2D eigenvalue weighted by atomic mass is 35.5. The molecule has 1 atom stereocenters. The Hall–Kier alpha value is -0.370. The summed E-state index contributed by atoms with van der Waals surface area (Å²) < 4.78 is 24.4. The number of hydrogen-bond acceptors (Lipinski definition) is 4. The Morgan fingerprint density at radius 2 is 2.17 bits per heavy atom. The number of sulfonamides is 1. The molecular weight excluding hydrogens is 278 g/mol. The molecule has 0 spiro atoms. The quantitative estimate of drug-likeness (QED) is 0.720. The van der Waals surface area contributed by atoms with Gasteiger partial charge in [0.15, 0.2) is 0 Å². The monoisotopic (exact) mass is 297 g/mol. The van der Waals surface area contributed by atoms with Crippen LogP contribution < -0.4 is 10.6 Å². The maximum Gasteiger partial charge on any atom is 0.237 e. The molecule has 2 aliphatic heterocycles. The largest absolute Gasteiger partial charge is 0.353 e. The Kier molecular flexibility index (Phi) is 5.84. The fourth-order valence-corrected chi connectivity index (χ4v) is 3.81. The first-order valence-corrected chi connectivity index (χ1v) is 7.69. The van der Waals surface area contributed by atoms with Crippen LogP contribution in [-0.2, 0) is 14.8 Å². The van der Waals surface area contributed by atoms with Crippen molar-refractivity contribution in [1.82, 2.24) is 14.9 Å². The van der Waals surface area contributed by atoms with Gasteiger partial charge in [-0.2, -0.15) is 0 Å². The van der Waals surface area contributed by atoms with Crippen LogP contribution in [0.1, 0.15) is 19.3 Å². The molecule has 18 heavy (non-hydrogen) atoms. The summed E-state index contributed by atoms with van der Waals surface area (Å²) in [5.41, 5.74) is 0. The molecule has 2 aliphatic rings. The molecule has 6 nitrogen and oxygen atoms in total. The molecule has 0 bridgehead atoms. The second-order valence-corrected chi connectivity index (χ2v) is 6.60. The van der Waals surface area contributed by atoms with Gasteiger partial charge >= 0.3 is 0 Å². The predicted molar refractivity (Wildman–Crippen MR) is 71.3 cm³/mol. The number of carbonyl (C=O) groups is 1. The number of nitrogens with zero attached hydrogens (tertiary/aromatic N) is 1. The van der Waals surface area contributed by atoms with E-state index in [1.165, 1.54) is 4.31 Å². The zero-order chi connectivity index (χ0) is 12.3. The molecule has 0 aliphatic carbocycles. The van der Waals surface area contributed by atoms with Crippen LogP contribution >= 0.6 is 12.4 Å². The zero-order valence-corrected chi connectivity index (χ0v) is 11.9. The summed E-state index contributed by atoms with van der Waals surface area (Å²) in [6, 6.07) is -0.0924. The highest BCUT2D eigenvalue weighted by molar-refractivity contribution is 7.89. The third-order valence-electron chi connectivity index (χ3n) is 3.24. The second-order valence-electron chi connectivity index (χ2n) is 4.51. The summed E-state index contributed by atoms with van der Waals surface area (Å²) >= 11 is 0. The summed E-state index contributed by atoms with van der Waals surface area (Å²) in [6.45, 7) is 2.26. The Morgan fingerprint density at radius 3 is 2.72 bits per heavy atom. The van der Waals surface area contributed by atoms with Gasteiger partial charge in [-0.05, 0) is 25.8 Å². The molecule has 8 heteroatoms. The molecule has 0 aromatic carbocycles. The lowest BCUT2D eigenvalue weighted by molar-refractivity contribution is -0.122. The van der Waals surface area contributed by atoms with Crippen molar-refractivity contribution in [2.24, 2.45) is 0 Å². The van der Waals surface area contributed by atoms with E-state index in [1.54, 1.807) is 0 Å². The number of nitrogens with one attached hydrogen (secondary N) is 2. The summed E-state index contributed by atoms with van der Waals surface area (Å²) in [7, 11) is -3.04. The van der Waals surface area contributed by atoms with Crippen molar-refractivity contribution in [3.63, 3.8) is 0 Å². The van der Waals surface area contributed by atoms with Gasteiger partial charge in [0.25, 0.3) is 0 Å². The van der Waals surface area contributed by atoms with Crippen molar-refractivity contribution in [3.8, 4) is 0 Å². The minimum Gasteiger partial charge on any atom is -0.353 e. The predicted octanol–water partition coefficient (Wildman–Crippen LogP) is -0.688. The molecule has 2 fully saturated rings. The molecule has 0 aromatic rings. The Bertz CT molecular complexity index is 382. The first-order chi connectivity index (χ1) is 8.09. The van der Waals surface area contributed by atoms with Crippen molar-refractivity contribution in [3.05, 3.63) is 0 Å². The van der Waals surface area contributed by atoms with Crippen LogP contribution in [0.3, 0.4) is 0 Å². The molecule has 1 unspecified atom stereocenters. The van der Waals surface area contributed by atoms with Crippen molar-refractivity contribution in [1.29, 1.82) is 0 Å². The molecule has 2 saturated heterocycles. The minimum absolute atomic E-state index is 0. The molecule has 2 rings (SSSR count). The summed E-state index contributed by atoms with van der Waals surface area (Å²) in [6.07, 6.45) is 2.59. The number of hydrogen-bond donors (Lipinski definition) is 2. The van der Waals surface area contributed by atoms with E-state index in [2.05, 4.69) is 10.6 Å². The molecule has 0 aromatic heterocycles. The SMILES string of the molecule is Cl.O=C(NCCN1CCCS1(=O)=O)C1CCCN1. The van der Waals surface area contributed by atoms with Crippen LogP contribution in [0.2, 0.25) is 0 Å². The van der Waals surface area contributed by atoms with Crippen molar-refractivity contribution in [2.75, 3.05) is 31.9 Å². The van der Waals surface area contributed by atoms with E-state index in [9.17, 15) is 13.2 Å². The Labute approximate surface area is 114 Å². The maximum absolute atomic E-state index is 11.6. The van der Waals surface area contributed by atoms with Crippen LogP contribution in [0.25, 0.3) is 0 Å². The van der Waals surface area contributed by atoms with Gasteiger partial charge < -0.3 is 10.6 Å². The highest BCUT2D eigenvalue weighted by Crippen LogP contribution is 2.11. The van der Waals surface area contributed by atoms with Gasteiger partial charge in [-0.25, -0.2) is 12.7 Å². The molecule has 1 amide bonds. The molecule has 0 radical (unpaired) electrons. The van der Waals surface area contributed by atoms with Gasteiger partial charge in [-0.1, -0.05) is 0 Å². The second kappa shape index (κ2) is 6.70. The van der Waals surface area contributed by atoms with E-state index in [0.29, 0.717) is 26.1 Å². The fourth-order valence-electron chi connectivity index (χ4n) is 2.28. The third-order valence-corrected chi connectivity index (χ3v) is 5.20. The average molecular weight is 298 g/mol. The lowest BCUT2D eigenvalue weighted by Gasteiger charge is -2.16. The smallest absolute Gasteiger partial charge is 0.237 e. The van der Waals surface area contributed by atoms with Crippen LogP contribution in [0, 0.1) is 0 Å². The Morgan fingerprint density at radius 1 is 1.39 bits per heavy atom. The summed E-state index contributed by atoms with van der Waals surface area (Å²) in [4.78, 5) is 11.6. The number of halogens is 1. The normalized spacial score (nSPS) is 26.8. The van der Waals surface area contributed by atoms with Gasteiger partial charge in [-0.15, -0.1) is 12.4 Å². The van der Waals surface area contributed by atoms with Gasteiger partial charge in [-0.3, -0.25) is 4.79 Å². The van der Waals surface area contributed by atoms with Gasteiger partial charge in [0.05, 0.1) is 11.8 Å². The lowest BCUT2D eigenvalue weighted by Crippen LogP contribution is -2.43. The maximum atomic E-state index is 11.6. The average Bonchev–Trinajstić information content (AvgIpc) is 2.88. The van der Waals surface area contributed by atoms with E-state index >= 15 is 0 Å². The summed E-state index contributed by atoms with van der Waals surface area (Å²) in [5.74, 6) is 0.226. The summed E-state index contributed by atoms with van der Waals surface area (Å²) in [5, 5.41) is 5.89. The number of rotatable bonds is 4. The number of amides is 1. The van der Waals surface area contributed by atoms with Gasteiger partial charge in [0.2, 0.25) is 15.9 Å². The molecule has 0 saturated carbocycles. The zero-order valence-electron chi connectivity index (χ0n) is 10.2. The standard InChI is InChI=1S/C10H19N3O3S.ClH/c14-10(9-3-1-4-11-9)12-5-7-13-6-2-8-17(13,15)16;/h9,11H,1-8H2,(H,12,14);1H.